The third-order valence-corrected chi connectivity index (χ3v) is 2.88. The molecular formula is C13H21N5O. The van der Waals surface area contributed by atoms with E-state index in [4.69, 9.17) is 0 Å². The monoisotopic (exact) mass is 263 g/mol. The molecular weight excluding hydrogens is 242 g/mol. The third-order valence-electron chi connectivity index (χ3n) is 2.88. The van der Waals surface area contributed by atoms with Gasteiger partial charge in [-0.3, -0.25) is 0 Å². The minimum atomic E-state index is -0.380. The molecule has 0 aliphatic carbocycles. The summed E-state index contributed by atoms with van der Waals surface area (Å²) in [5.74, 6) is 1.91. The van der Waals surface area contributed by atoms with Crippen LogP contribution in [0.5, 0.6) is 0 Å². The number of imidazole rings is 1. The summed E-state index contributed by atoms with van der Waals surface area (Å²) in [6.45, 7) is 4.66. The molecule has 6 heteroatoms. The molecule has 3 N–H and O–H groups in total. The van der Waals surface area contributed by atoms with E-state index < -0.39 is 0 Å². The second-order valence-electron chi connectivity index (χ2n) is 5.05. The Balaban J connectivity index is 2.13. The molecule has 0 radical (unpaired) electrons. The standard InChI is InChI=1S/C13H21N5O/c1-9(2)6-10(19)7-16-12-13-15-4-5-18(13)8-11(14-3)17-12/h4-5,8-10,14,19H,6-7H2,1-3H3,(H,16,17). The number of nitrogens with one attached hydrogen (secondary N) is 2. The number of aromatic nitrogens is 3. The number of hydrogen-bond donors (Lipinski definition) is 3. The van der Waals surface area contributed by atoms with Crippen LogP contribution < -0.4 is 10.6 Å². The van der Waals surface area contributed by atoms with Gasteiger partial charge >= 0.3 is 0 Å². The Kier molecular flexibility index (Phi) is 4.21. The quantitative estimate of drug-likeness (QED) is 0.738. The van der Waals surface area contributed by atoms with Crippen molar-refractivity contribution in [3.8, 4) is 0 Å². The minimum absolute atomic E-state index is 0.380. The summed E-state index contributed by atoms with van der Waals surface area (Å²) in [5.41, 5.74) is 0.760. The highest BCUT2D eigenvalue weighted by atomic mass is 16.3. The van der Waals surface area contributed by atoms with Gasteiger partial charge in [-0.2, -0.15) is 0 Å². The van der Waals surface area contributed by atoms with Gasteiger partial charge in [0.15, 0.2) is 11.5 Å². The number of aliphatic hydroxyl groups is 1. The number of aliphatic hydroxyl groups excluding tert-OH is 1. The molecule has 6 nitrogen and oxygen atoms in total. The van der Waals surface area contributed by atoms with Crippen molar-refractivity contribution in [1.29, 1.82) is 0 Å². The Morgan fingerprint density at radius 2 is 2.21 bits per heavy atom. The number of nitrogens with zero attached hydrogens (tertiary/aromatic N) is 3. The third kappa shape index (κ3) is 3.35. The maximum atomic E-state index is 9.90. The zero-order chi connectivity index (χ0) is 13.8. The van der Waals surface area contributed by atoms with E-state index in [0.717, 1.165) is 17.9 Å². The van der Waals surface area contributed by atoms with Gasteiger partial charge in [0, 0.05) is 26.0 Å². The molecule has 0 fully saturated rings. The largest absolute Gasteiger partial charge is 0.391 e. The highest BCUT2D eigenvalue weighted by Gasteiger charge is 2.10. The van der Waals surface area contributed by atoms with Crippen molar-refractivity contribution < 1.29 is 5.11 Å². The van der Waals surface area contributed by atoms with Crippen LogP contribution in [-0.2, 0) is 0 Å². The number of anilines is 2. The van der Waals surface area contributed by atoms with Gasteiger partial charge < -0.3 is 20.1 Å². The fraction of sp³-hybridized carbons (Fsp3) is 0.538. The molecule has 2 rings (SSSR count). The van der Waals surface area contributed by atoms with Gasteiger partial charge in [0.25, 0.3) is 0 Å². The molecule has 0 saturated carbocycles. The molecule has 104 valence electrons. The summed E-state index contributed by atoms with van der Waals surface area (Å²) in [6.07, 6.45) is 5.86. The fourth-order valence-corrected chi connectivity index (χ4v) is 2.01. The minimum Gasteiger partial charge on any atom is -0.391 e. The van der Waals surface area contributed by atoms with Gasteiger partial charge in [0.05, 0.1) is 12.3 Å². The van der Waals surface area contributed by atoms with Crippen molar-refractivity contribution in [2.24, 2.45) is 5.92 Å². The summed E-state index contributed by atoms with van der Waals surface area (Å²) < 4.78 is 1.90. The highest BCUT2D eigenvalue weighted by molar-refractivity contribution is 5.65. The van der Waals surface area contributed by atoms with Gasteiger partial charge in [-0.1, -0.05) is 13.8 Å². The Hall–Kier alpha value is -1.82. The molecule has 2 heterocycles. The van der Waals surface area contributed by atoms with E-state index in [9.17, 15) is 5.11 Å². The second kappa shape index (κ2) is 5.88. The van der Waals surface area contributed by atoms with Crippen LogP contribution >= 0.6 is 0 Å². The lowest BCUT2D eigenvalue weighted by Crippen LogP contribution is -2.22. The fourth-order valence-electron chi connectivity index (χ4n) is 2.01. The SMILES string of the molecule is CNc1cn2ccnc2c(NCC(O)CC(C)C)n1. The maximum Gasteiger partial charge on any atom is 0.180 e. The summed E-state index contributed by atoms with van der Waals surface area (Å²) in [4.78, 5) is 8.69. The van der Waals surface area contributed by atoms with Crippen molar-refractivity contribution in [2.75, 3.05) is 24.2 Å². The summed E-state index contributed by atoms with van der Waals surface area (Å²) in [7, 11) is 1.82. The highest BCUT2D eigenvalue weighted by Crippen LogP contribution is 2.16. The Morgan fingerprint density at radius 3 is 2.89 bits per heavy atom. The predicted octanol–water partition coefficient (Wildman–Crippen LogP) is 1.59. The van der Waals surface area contributed by atoms with Crippen LogP contribution in [0.25, 0.3) is 5.65 Å². The zero-order valence-corrected chi connectivity index (χ0v) is 11.6. The summed E-state index contributed by atoms with van der Waals surface area (Å²) >= 11 is 0. The molecule has 0 spiro atoms. The van der Waals surface area contributed by atoms with E-state index in [1.807, 2.05) is 23.8 Å². The zero-order valence-electron chi connectivity index (χ0n) is 11.6. The van der Waals surface area contributed by atoms with E-state index in [1.54, 1.807) is 6.20 Å². The lowest BCUT2D eigenvalue weighted by Gasteiger charge is -2.15. The average molecular weight is 263 g/mol. The van der Waals surface area contributed by atoms with Crippen LogP contribution in [0.15, 0.2) is 18.6 Å². The molecule has 1 unspecified atom stereocenters. The van der Waals surface area contributed by atoms with Crippen molar-refractivity contribution in [2.45, 2.75) is 26.4 Å². The van der Waals surface area contributed by atoms with Crippen molar-refractivity contribution in [1.82, 2.24) is 14.4 Å². The molecule has 19 heavy (non-hydrogen) atoms. The molecule has 0 aliphatic heterocycles. The molecule has 0 bridgehead atoms. The second-order valence-corrected chi connectivity index (χ2v) is 5.05. The van der Waals surface area contributed by atoms with Crippen LogP contribution in [0.1, 0.15) is 20.3 Å². The summed E-state index contributed by atoms with van der Waals surface area (Å²) in [6, 6.07) is 0. The first-order chi connectivity index (χ1) is 9.10. The van der Waals surface area contributed by atoms with Crippen molar-refractivity contribution >= 4 is 17.3 Å². The van der Waals surface area contributed by atoms with Gasteiger partial charge in [0.1, 0.15) is 5.82 Å². The Labute approximate surface area is 112 Å². The van der Waals surface area contributed by atoms with Crippen LogP contribution in [0.2, 0.25) is 0 Å². The first kappa shape index (κ1) is 13.6. The van der Waals surface area contributed by atoms with E-state index >= 15 is 0 Å². The molecule has 0 amide bonds. The van der Waals surface area contributed by atoms with Gasteiger partial charge in [-0.15, -0.1) is 0 Å². The van der Waals surface area contributed by atoms with Gasteiger partial charge in [-0.25, -0.2) is 9.97 Å². The van der Waals surface area contributed by atoms with E-state index in [2.05, 4.69) is 34.4 Å². The lowest BCUT2D eigenvalue weighted by molar-refractivity contribution is 0.161. The molecule has 1 atom stereocenters. The smallest absolute Gasteiger partial charge is 0.180 e. The molecule has 2 aromatic rings. The van der Waals surface area contributed by atoms with Crippen LogP contribution in [0.3, 0.4) is 0 Å². The molecule has 2 aromatic heterocycles. The molecule has 0 saturated heterocycles. The summed E-state index contributed by atoms with van der Waals surface area (Å²) in [5, 5.41) is 16.1. The normalized spacial score (nSPS) is 12.9. The predicted molar refractivity (Wildman–Crippen MR) is 76.5 cm³/mol. The first-order valence-electron chi connectivity index (χ1n) is 6.53. The van der Waals surface area contributed by atoms with E-state index in [0.29, 0.717) is 18.3 Å². The number of rotatable bonds is 6. The van der Waals surface area contributed by atoms with Gasteiger partial charge in [-0.05, 0) is 12.3 Å². The number of hydrogen-bond acceptors (Lipinski definition) is 5. The van der Waals surface area contributed by atoms with E-state index in [-0.39, 0.29) is 6.10 Å². The first-order valence-corrected chi connectivity index (χ1v) is 6.53. The number of fused-ring (bicyclic) bond motifs is 1. The van der Waals surface area contributed by atoms with Crippen molar-refractivity contribution in [3.05, 3.63) is 18.6 Å². The van der Waals surface area contributed by atoms with E-state index in [1.165, 1.54) is 0 Å². The molecule has 0 aromatic carbocycles. The lowest BCUT2D eigenvalue weighted by atomic mass is 10.1. The molecule has 0 aliphatic rings. The van der Waals surface area contributed by atoms with Crippen LogP contribution in [0.4, 0.5) is 11.6 Å². The Bertz CT molecular complexity index is 537. The average Bonchev–Trinajstić information content (AvgIpc) is 2.82. The van der Waals surface area contributed by atoms with Crippen LogP contribution in [-0.4, -0.2) is 39.2 Å². The Morgan fingerprint density at radius 1 is 1.42 bits per heavy atom. The van der Waals surface area contributed by atoms with Gasteiger partial charge in [0.2, 0.25) is 0 Å². The van der Waals surface area contributed by atoms with Crippen LogP contribution in [0, 0.1) is 5.92 Å². The maximum absolute atomic E-state index is 9.90. The van der Waals surface area contributed by atoms with Crippen molar-refractivity contribution in [3.63, 3.8) is 0 Å². The topological polar surface area (TPSA) is 74.5 Å².